The molecule has 0 unspecified atom stereocenters. The maximum absolute atomic E-state index is 12.1. The fourth-order valence-electron chi connectivity index (χ4n) is 1.57. The Bertz CT molecular complexity index is 387. The van der Waals surface area contributed by atoms with Crippen LogP contribution in [0.25, 0.3) is 0 Å². The Balaban J connectivity index is 2.65. The van der Waals surface area contributed by atoms with Crippen molar-refractivity contribution in [3.8, 4) is 0 Å². The molecule has 1 rings (SSSR count). The van der Waals surface area contributed by atoms with Crippen LogP contribution >= 0.6 is 0 Å². The van der Waals surface area contributed by atoms with Crippen molar-refractivity contribution in [1.29, 1.82) is 0 Å². The molecule has 1 aromatic heterocycles. The number of amides is 1. The summed E-state index contributed by atoms with van der Waals surface area (Å²) >= 11 is 0. The number of aromatic nitrogens is 2. The van der Waals surface area contributed by atoms with Crippen molar-refractivity contribution in [2.24, 2.45) is 5.92 Å². The second kappa shape index (κ2) is 6.78. The molecule has 1 heterocycles. The molecule has 0 bridgehead atoms. The first-order valence-corrected chi connectivity index (χ1v) is 5.88. The molecule has 1 aromatic rings. The molecule has 0 atom stereocenters. The molecule has 0 aliphatic carbocycles. The van der Waals surface area contributed by atoms with E-state index in [-0.39, 0.29) is 18.4 Å². The molecule has 0 aromatic carbocycles. The predicted molar refractivity (Wildman–Crippen MR) is 66.1 cm³/mol. The molecular weight excluding hydrogens is 234 g/mol. The Morgan fingerprint density at radius 2 is 2.17 bits per heavy atom. The lowest BCUT2D eigenvalue weighted by atomic mass is 10.2. The van der Waals surface area contributed by atoms with E-state index in [1.807, 2.05) is 13.8 Å². The van der Waals surface area contributed by atoms with E-state index in [1.165, 1.54) is 18.0 Å². The van der Waals surface area contributed by atoms with E-state index in [0.29, 0.717) is 19.0 Å². The van der Waals surface area contributed by atoms with Crippen LogP contribution in [0.15, 0.2) is 18.7 Å². The lowest BCUT2D eigenvalue weighted by molar-refractivity contribution is -0.140. The van der Waals surface area contributed by atoms with Gasteiger partial charge in [0.1, 0.15) is 6.33 Å². The van der Waals surface area contributed by atoms with Gasteiger partial charge in [-0.05, 0) is 5.92 Å². The highest BCUT2D eigenvalue weighted by atomic mass is 16.5. The number of esters is 1. The molecule has 18 heavy (non-hydrogen) atoms. The Morgan fingerprint density at radius 1 is 1.44 bits per heavy atom. The number of nitrogens with zero attached hydrogens (tertiary/aromatic N) is 3. The first-order chi connectivity index (χ1) is 8.54. The summed E-state index contributed by atoms with van der Waals surface area (Å²) < 4.78 is 5.98. The summed E-state index contributed by atoms with van der Waals surface area (Å²) in [6, 6.07) is -0.176. The first kappa shape index (κ1) is 14.2. The summed E-state index contributed by atoms with van der Waals surface area (Å²) in [6.07, 6.45) is 4.79. The van der Waals surface area contributed by atoms with Crippen LogP contribution in [-0.2, 0) is 9.53 Å². The standard InChI is InChI=1S/C12H19N3O3/c1-10(2)8-14(6-4-11(16)18-3)12(17)15-7-5-13-9-15/h5,7,9-10H,4,6,8H2,1-3H3. The Morgan fingerprint density at radius 3 is 2.67 bits per heavy atom. The summed E-state index contributed by atoms with van der Waals surface area (Å²) in [5.74, 6) is 0.0114. The van der Waals surface area contributed by atoms with Crippen LogP contribution in [0.3, 0.4) is 0 Å². The van der Waals surface area contributed by atoms with Crippen LogP contribution in [0.1, 0.15) is 20.3 Å². The molecule has 0 aliphatic heterocycles. The molecule has 0 N–H and O–H groups in total. The molecule has 6 heteroatoms. The molecular formula is C12H19N3O3. The number of rotatable bonds is 5. The summed E-state index contributed by atoms with van der Waals surface area (Å²) in [5.41, 5.74) is 0. The fourth-order valence-corrected chi connectivity index (χ4v) is 1.57. The second-order valence-corrected chi connectivity index (χ2v) is 4.42. The third kappa shape index (κ3) is 4.20. The summed E-state index contributed by atoms with van der Waals surface area (Å²) in [6.45, 7) is 4.98. The Hall–Kier alpha value is -1.85. The summed E-state index contributed by atoms with van der Waals surface area (Å²) in [4.78, 5) is 28.7. The van der Waals surface area contributed by atoms with Gasteiger partial charge in [-0.1, -0.05) is 13.8 Å². The average Bonchev–Trinajstić information content (AvgIpc) is 2.86. The molecule has 6 nitrogen and oxygen atoms in total. The third-order valence-corrected chi connectivity index (χ3v) is 2.39. The maximum Gasteiger partial charge on any atom is 0.329 e. The lowest BCUT2D eigenvalue weighted by Crippen LogP contribution is -2.38. The van der Waals surface area contributed by atoms with E-state index in [0.717, 1.165) is 0 Å². The van der Waals surface area contributed by atoms with Gasteiger partial charge in [-0.15, -0.1) is 0 Å². The normalized spacial score (nSPS) is 10.4. The van der Waals surface area contributed by atoms with Gasteiger partial charge in [-0.25, -0.2) is 9.78 Å². The second-order valence-electron chi connectivity index (χ2n) is 4.42. The van der Waals surface area contributed by atoms with Gasteiger partial charge in [0, 0.05) is 25.5 Å². The first-order valence-electron chi connectivity index (χ1n) is 5.88. The van der Waals surface area contributed by atoms with Crippen molar-refractivity contribution < 1.29 is 14.3 Å². The minimum atomic E-state index is -0.317. The zero-order chi connectivity index (χ0) is 13.5. The van der Waals surface area contributed by atoms with Crippen LogP contribution in [0.5, 0.6) is 0 Å². The SMILES string of the molecule is COC(=O)CCN(CC(C)C)C(=O)n1ccnc1. The summed E-state index contributed by atoms with van der Waals surface area (Å²) in [7, 11) is 1.34. The highest BCUT2D eigenvalue weighted by molar-refractivity contribution is 5.77. The number of hydrogen-bond acceptors (Lipinski definition) is 4. The summed E-state index contributed by atoms with van der Waals surface area (Å²) in [5, 5.41) is 0. The molecule has 0 saturated carbocycles. The topological polar surface area (TPSA) is 64.4 Å². The van der Waals surface area contributed by atoms with Gasteiger partial charge in [0.25, 0.3) is 0 Å². The van der Waals surface area contributed by atoms with Crippen molar-refractivity contribution in [2.75, 3.05) is 20.2 Å². The van der Waals surface area contributed by atoms with E-state index in [1.54, 1.807) is 17.3 Å². The zero-order valence-corrected chi connectivity index (χ0v) is 11.0. The van der Waals surface area contributed by atoms with Crippen molar-refractivity contribution in [3.63, 3.8) is 0 Å². The average molecular weight is 253 g/mol. The Labute approximate surface area is 107 Å². The monoisotopic (exact) mass is 253 g/mol. The van der Waals surface area contributed by atoms with Crippen LogP contribution in [0.4, 0.5) is 4.79 Å². The van der Waals surface area contributed by atoms with E-state index in [4.69, 9.17) is 0 Å². The number of carbonyl (C=O) groups excluding carboxylic acids is 2. The molecule has 0 radical (unpaired) electrons. The van der Waals surface area contributed by atoms with Crippen molar-refractivity contribution in [1.82, 2.24) is 14.5 Å². The highest BCUT2D eigenvalue weighted by Gasteiger charge is 2.17. The Kier molecular flexibility index (Phi) is 5.35. The zero-order valence-electron chi connectivity index (χ0n) is 11.0. The molecule has 0 spiro atoms. The number of methoxy groups -OCH3 is 1. The number of imidazole rings is 1. The van der Waals surface area contributed by atoms with Gasteiger partial charge in [0.15, 0.2) is 0 Å². The van der Waals surface area contributed by atoms with Gasteiger partial charge >= 0.3 is 12.0 Å². The largest absolute Gasteiger partial charge is 0.469 e. The van der Waals surface area contributed by atoms with E-state index < -0.39 is 0 Å². The lowest BCUT2D eigenvalue weighted by Gasteiger charge is -2.24. The number of ether oxygens (including phenoxy) is 1. The predicted octanol–water partition coefficient (Wildman–Crippen LogP) is 1.37. The smallest absolute Gasteiger partial charge is 0.329 e. The molecule has 1 amide bonds. The maximum atomic E-state index is 12.1. The quantitative estimate of drug-likeness (QED) is 0.743. The van der Waals surface area contributed by atoms with Crippen LogP contribution < -0.4 is 0 Å². The van der Waals surface area contributed by atoms with E-state index >= 15 is 0 Å². The van der Waals surface area contributed by atoms with Gasteiger partial charge in [-0.2, -0.15) is 0 Å². The van der Waals surface area contributed by atoms with Crippen LogP contribution in [0.2, 0.25) is 0 Å². The van der Waals surface area contributed by atoms with E-state index in [9.17, 15) is 9.59 Å². The molecule has 0 fully saturated rings. The fraction of sp³-hybridized carbons (Fsp3) is 0.583. The number of hydrogen-bond donors (Lipinski definition) is 0. The number of carbonyl (C=O) groups is 2. The van der Waals surface area contributed by atoms with Crippen LogP contribution in [0, 0.1) is 5.92 Å². The minimum absolute atomic E-state index is 0.176. The highest BCUT2D eigenvalue weighted by Crippen LogP contribution is 2.04. The third-order valence-electron chi connectivity index (χ3n) is 2.39. The molecule has 0 aliphatic rings. The van der Waals surface area contributed by atoms with Gasteiger partial charge in [0.05, 0.1) is 13.5 Å². The van der Waals surface area contributed by atoms with Crippen LogP contribution in [-0.4, -0.2) is 46.7 Å². The van der Waals surface area contributed by atoms with Crippen molar-refractivity contribution in [3.05, 3.63) is 18.7 Å². The van der Waals surface area contributed by atoms with E-state index in [2.05, 4.69) is 9.72 Å². The minimum Gasteiger partial charge on any atom is -0.469 e. The van der Waals surface area contributed by atoms with Gasteiger partial charge in [0.2, 0.25) is 0 Å². The van der Waals surface area contributed by atoms with Crippen molar-refractivity contribution >= 4 is 12.0 Å². The van der Waals surface area contributed by atoms with Gasteiger partial charge in [-0.3, -0.25) is 9.36 Å². The molecule has 100 valence electrons. The van der Waals surface area contributed by atoms with Crippen molar-refractivity contribution in [2.45, 2.75) is 20.3 Å². The molecule has 0 saturated heterocycles. The van der Waals surface area contributed by atoms with Gasteiger partial charge < -0.3 is 9.64 Å².